The summed E-state index contributed by atoms with van der Waals surface area (Å²) in [7, 11) is -3.64. The average Bonchev–Trinajstić information content (AvgIpc) is 2.64. The molecule has 3 rings (SSSR count). The Labute approximate surface area is 160 Å². The molecule has 0 spiro atoms. The summed E-state index contributed by atoms with van der Waals surface area (Å²) in [6.07, 6.45) is 1.50. The molecule has 0 atom stereocenters. The number of hydrogen-bond acceptors (Lipinski definition) is 4. The highest BCUT2D eigenvalue weighted by atomic mass is 32.2. The Bertz CT molecular complexity index is 1010. The van der Waals surface area contributed by atoms with Crippen LogP contribution in [0.3, 0.4) is 0 Å². The second-order valence-corrected chi connectivity index (χ2v) is 8.36. The fourth-order valence-electron chi connectivity index (χ4n) is 2.70. The first-order chi connectivity index (χ1) is 12.8. The van der Waals surface area contributed by atoms with Gasteiger partial charge in [-0.2, -0.15) is 0 Å². The zero-order chi connectivity index (χ0) is 19.4. The first kappa shape index (κ1) is 18.9. The van der Waals surface area contributed by atoms with Gasteiger partial charge in [0.1, 0.15) is 5.82 Å². The number of anilines is 3. The minimum absolute atomic E-state index is 0.262. The molecule has 2 aromatic carbocycles. The Hall–Kier alpha value is -2.86. The average molecular weight is 382 g/mol. The fourth-order valence-corrected chi connectivity index (χ4v) is 3.99. The van der Waals surface area contributed by atoms with Crippen LogP contribution >= 0.6 is 0 Å². The number of sulfonamides is 1. The lowest BCUT2D eigenvalue weighted by Gasteiger charge is -2.11. The first-order valence-corrected chi connectivity index (χ1v) is 10.2. The molecule has 140 valence electrons. The van der Waals surface area contributed by atoms with Crippen molar-refractivity contribution in [2.75, 3.05) is 10.0 Å². The Morgan fingerprint density at radius 1 is 0.889 bits per heavy atom. The molecular formula is C21H23N3O2S. The third-order valence-electron chi connectivity index (χ3n) is 4.25. The molecule has 6 heteroatoms. The van der Waals surface area contributed by atoms with Crippen molar-refractivity contribution in [2.45, 2.75) is 31.6 Å². The van der Waals surface area contributed by atoms with Gasteiger partial charge in [-0.05, 0) is 54.3 Å². The van der Waals surface area contributed by atoms with E-state index in [0.29, 0.717) is 23.0 Å². The van der Waals surface area contributed by atoms with Crippen molar-refractivity contribution in [3.8, 4) is 0 Å². The van der Waals surface area contributed by atoms with Crippen LogP contribution in [0.15, 0.2) is 71.8 Å². The van der Waals surface area contributed by atoms with Gasteiger partial charge in [-0.3, -0.25) is 4.72 Å². The number of aromatic nitrogens is 1. The summed E-state index contributed by atoms with van der Waals surface area (Å²) in [5.74, 6) is 1.13. The van der Waals surface area contributed by atoms with Gasteiger partial charge < -0.3 is 5.32 Å². The molecule has 0 fully saturated rings. The monoisotopic (exact) mass is 381 g/mol. The van der Waals surface area contributed by atoms with Crippen molar-refractivity contribution < 1.29 is 8.42 Å². The summed E-state index contributed by atoms with van der Waals surface area (Å²) < 4.78 is 27.6. The van der Waals surface area contributed by atoms with Crippen LogP contribution in [-0.4, -0.2) is 13.4 Å². The van der Waals surface area contributed by atoms with Crippen LogP contribution < -0.4 is 10.0 Å². The smallest absolute Gasteiger partial charge is 0.262 e. The molecule has 3 aromatic rings. The summed E-state index contributed by atoms with van der Waals surface area (Å²) >= 11 is 0. The molecule has 0 unspecified atom stereocenters. The molecule has 0 saturated carbocycles. The highest BCUT2D eigenvalue weighted by Gasteiger charge is 2.16. The van der Waals surface area contributed by atoms with Crippen LogP contribution in [0, 0.1) is 6.92 Å². The van der Waals surface area contributed by atoms with Crippen LogP contribution in [0.2, 0.25) is 0 Å². The van der Waals surface area contributed by atoms with E-state index < -0.39 is 10.0 Å². The maximum Gasteiger partial charge on any atom is 0.262 e. The molecule has 0 amide bonds. The van der Waals surface area contributed by atoms with Gasteiger partial charge >= 0.3 is 0 Å². The van der Waals surface area contributed by atoms with Gasteiger partial charge in [0.05, 0.1) is 16.8 Å². The molecule has 1 heterocycles. The zero-order valence-corrected chi connectivity index (χ0v) is 16.4. The van der Waals surface area contributed by atoms with E-state index in [1.54, 1.807) is 37.3 Å². The van der Waals surface area contributed by atoms with Gasteiger partial charge in [-0.1, -0.05) is 44.2 Å². The molecule has 0 aliphatic carbocycles. The Kier molecular flexibility index (Phi) is 5.46. The molecule has 2 N–H and O–H groups in total. The van der Waals surface area contributed by atoms with Gasteiger partial charge in [0.2, 0.25) is 0 Å². The first-order valence-electron chi connectivity index (χ1n) is 8.76. The van der Waals surface area contributed by atoms with Crippen LogP contribution in [0.5, 0.6) is 0 Å². The second kappa shape index (κ2) is 7.80. The Morgan fingerprint density at radius 3 is 2.15 bits per heavy atom. The predicted molar refractivity (Wildman–Crippen MR) is 110 cm³/mol. The lowest BCUT2D eigenvalue weighted by molar-refractivity contribution is 0.600. The number of pyridine rings is 1. The van der Waals surface area contributed by atoms with Crippen LogP contribution in [0.1, 0.15) is 30.9 Å². The van der Waals surface area contributed by atoms with E-state index >= 15 is 0 Å². The fraction of sp³-hybridized carbons (Fsp3) is 0.190. The largest absolute Gasteiger partial charge is 0.340 e. The zero-order valence-electron chi connectivity index (χ0n) is 15.6. The van der Waals surface area contributed by atoms with E-state index in [0.717, 1.165) is 5.69 Å². The third-order valence-corrected chi connectivity index (χ3v) is 5.79. The normalized spacial score (nSPS) is 11.4. The van der Waals surface area contributed by atoms with Gasteiger partial charge in [-0.15, -0.1) is 0 Å². The number of rotatable bonds is 6. The van der Waals surface area contributed by atoms with Gasteiger partial charge in [-0.25, -0.2) is 13.4 Å². The number of hydrogen-bond donors (Lipinski definition) is 2. The van der Waals surface area contributed by atoms with Gasteiger partial charge in [0.15, 0.2) is 0 Å². The van der Waals surface area contributed by atoms with Crippen molar-refractivity contribution >= 4 is 27.2 Å². The van der Waals surface area contributed by atoms with Crippen LogP contribution in [0.25, 0.3) is 0 Å². The maximum absolute atomic E-state index is 12.5. The molecule has 0 aliphatic rings. The molecule has 0 bridgehead atoms. The third kappa shape index (κ3) is 4.65. The number of nitrogens with one attached hydrogen (secondary N) is 2. The van der Waals surface area contributed by atoms with E-state index in [2.05, 4.69) is 41.0 Å². The summed E-state index contributed by atoms with van der Waals surface area (Å²) in [6, 6.07) is 18.5. The number of nitrogens with zero attached hydrogens (tertiary/aromatic N) is 1. The highest BCUT2D eigenvalue weighted by Crippen LogP contribution is 2.22. The standard InChI is InChI=1S/C21H23N3O2S/c1-15(2)17-8-10-18(11-9-17)23-21-13-12-19(14-22-21)24-27(25,26)20-7-5-4-6-16(20)3/h4-15,24H,1-3H3,(H,22,23). The number of benzene rings is 2. The van der Waals surface area contributed by atoms with Gasteiger partial charge in [0, 0.05) is 5.69 Å². The predicted octanol–water partition coefficient (Wildman–Crippen LogP) is 5.06. The molecule has 1 aromatic heterocycles. The highest BCUT2D eigenvalue weighted by molar-refractivity contribution is 7.92. The Morgan fingerprint density at radius 2 is 1.56 bits per heavy atom. The molecule has 27 heavy (non-hydrogen) atoms. The second-order valence-electron chi connectivity index (χ2n) is 6.70. The summed E-state index contributed by atoms with van der Waals surface area (Å²) in [4.78, 5) is 4.56. The summed E-state index contributed by atoms with van der Waals surface area (Å²) in [6.45, 7) is 6.08. The van der Waals surface area contributed by atoms with Crippen molar-refractivity contribution in [3.63, 3.8) is 0 Å². The molecule has 0 radical (unpaired) electrons. The van der Waals surface area contributed by atoms with Crippen molar-refractivity contribution in [2.24, 2.45) is 0 Å². The van der Waals surface area contributed by atoms with Crippen LogP contribution in [0.4, 0.5) is 17.2 Å². The maximum atomic E-state index is 12.5. The van der Waals surface area contributed by atoms with Crippen molar-refractivity contribution in [1.82, 2.24) is 4.98 Å². The molecule has 5 nitrogen and oxygen atoms in total. The lowest BCUT2D eigenvalue weighted by Crippen LogP contribution is -2.14. The number of aryl methyl sites for hydroxylation is 1. The van der Waals surface area contributed by atoms with E-state index in [-0.39, 0.29) is 4.90 Å². The minimum Gasteiger partial charge on any atom is -0.340 e. The summed E-state index contributed by atoms with van der Waals surface area (Å²) in [5, 5.41) is 3.21. The quantitative estimate of drug-likeness (QED) is 0.626. The summed E-state index contributed by atoms with van der Waals surface area (Å²) in [5.41, 5.74) is 3.31. The lowest BCUT2D eigenvalue weighted by atomic mass is 10.0. The van der Waals surface area contributed by atoms with Gasteiger partial charge in [0.25, 0.3) is 10.0 Å². The van der Waals surface area contributed by atoms with Crippen LogP contribution in [-0.2, 0) is 10.0 Å². The SMILES string of the molecule is Cc1ccccc1S(=O)(=O)Nc1ccc(Nc2ccc(C(C)C)cc2)nc1. The van der Waals surface area contributed by atoms with E-state index in [9.17, 15) is 8.42 Å². The van der Waals surface area contributed by atoms with Crippen molar-refractivity contribution in [3.05, 3.63) is 78.0 Å². The van der Waals surface area contributed by atoms with E-state index in [1.165, 1.54) is 11.8 Å². The van der Waals surface area contributed by atoms with E-state index in [4.69, 9.17) is 0 Å². The molecule has 0 aliphatic heterocycles. The minimum atomic E-state index is -3.64. The Balaban J connectivity index is 1.71. The molecule has 0 saturated heterocycles. The molecular weight excluding hydrogens is 358 g/mol. The topological polar surface area (TPSA) is 71.1 Å². The van der Waals surface area contributed by atoms with Crippen molar-refractivity contribution in [1.29, 1.82) is 0 Å². The van der Waals surface area contributed by atoms with E-state index in [1.807, 2.05) is 18.2 Å².